The molecule has 0 saturated carbocycles. The van der Waals surface area contributed by atoms with Crippen molar-refractivity contribution in [2.75, 3.05) is 33.3 Å². The van der Waals surface area contributed by atoms with Gasteiger partial charge in [0.25, 0.3) is 0 Å². The second-order valence-corrected chi connectivity index (χ2v) is 6.58. The average molecular weight is 302 g/mol. The first-order valence-electron chi connectivity index (χ1n) is 8.32. The zero-order valence-electron chi connectivity index (χ0n) is 13.5. The highest BCUT2D eigenvalue weighted by atomic mass is 16.5. The first kappa shape index (κ1) is 15.3. The van der Waals surface area contributed by atoms with Crippen LogP contribution in [0.2, 0.25) is 0 Å². The van der Waals surface area contributed by atoms with Crippen molar-refractivity contribution in [2.24, 2.45) is 11.8 Å². The molecule has 0 aromatic heterocycles. The van der Waals surface area contributed by atoms with Gasteiger partial charge in [-0.25, -0.2) is 0 Å². The Balaban J connectivity index is 1.67. The van der Waals surface area contributed by atoms with Crippen LogP contribution in [0.5, 0.6) is 5.75 Å². The van der Waals surface area contributed by atoms with Crippen LogP contribution < -0.4 is 10.1 Å². The first-order valence-corrected chi connectivity index (χ1v) is 8.32. The number of carbonyl (C=O) groups is 1. The number of benzene rings is 1. The van der Waals surface area contributed by atoms with E-state index in [4.69, 9.17) is 4.74 Å². The van der Waals surface area contributed by atoms with Gasteiger partial charge < -0.3 is 15.0 Å². The third kappa shape index (κ3) is 3.12. The summed E-state index contributed by atoms with van der Waals surface area (Å²) < 4.78 is 5.27. The van der Waals surface area contributed by atoms with Gasteiger partial charge in [0, 0.05) is 13.1 Å². The van der Waals surface area contributed by atoms with E-state index in [1.807, 2.05) is 31.2 Å². The van der Waals surface area contributed by atoms with Crippen LogP contribution in [-0.2, 0) is 4.79 Å². The molecule has 3 rings (SSSR count). The zero-order chi connectivity index (χ0) is 15.5. The molecular formula is C18H26N2O2. The SMILES string of the molecule is COc1cccc(C(C)C(=O)N2CC[C@@H]3CNC[C@@H]3CC2)c1. The molecule has 22 heavy (non-hydrogen) atoms. The Hall–Kier alpha value is -1.55. The molecule has 0 spiro atoms. The summed E-state index contributed by atoms with van der Waals surface area (Å²) in [6.45, 7) is 6.05. The Morgan fingerprint density at radius 2 is 1.95 bits per heavy atom. The fourth-order valence-electron chi connectivity index (χ4n) is 3.77. The molecule has 2 aliphatic rings. The molecule has 120 valence electrons. The number of nitrogens with one attached hydrogen (secondary N) is 1. The number of methoxy groups -OCH3 is 1. The lowest BCUT2D eigenvalue weighted by atomic mass is 9.92. The molecule has 2 aliphatic heterocycles. The third-order valence-electron chi connectivity index (χ3n) is 5.30. The van der Waals surface area contributed by atoms with E-state index in [0.29, 0.717) is 0 Å². The minimum Gasteiger partial charge on any atom is -0.497 e. The molecule has 0 aliphatic carbocycles. The molecule has 1 aromatic rings. The number of hydrogen-bond donors (Lipinski definition) is 1. The van der Waals surface area contributed by atoms with Crippen molar-refractivity contribution in [2.45, 2.75) is 25.7 Å². The highest BCUT2D eigenvalue weighted by Gasteiger charge is 2.32. The van der Waals surface area contributed by atoms with Crippen molar-refractivity contribution in [3.05, 3.63) is 29.8 Å². The molecule has 2 fully saturated rings. The summed E-state index contributed by atoms with van der Waals surface area (Å²) in [7, 11) is 1.66. The van der Waals surface area contributed by atoms with Gasteiger partial charge in [0.05, 0.1) is 13.0 Å². The maximum Gasteiger partial charge on any atom is 0.229 e. The van der Waals surface area contributed by atoms with Crippen LogP contribution in [0.3, 0.4) is 0 Å². The number of fused-ring (bicyclic) bond motifs is 1. The topological polar surface area (TPSA) is 41.6 Å². The summed E-state index contributed by atoms with van der Waals surface area (Å²) >= 11 is 0. The van der Waals surface area contributed by atoms with Gasteiger partial charge in [0.1, 0.15) is 5.75 Å². The largest absolute Gasteiger partial charge is 0.497 e. The van der Waals surface area contributed by atoms with Crippen LogP contribution in [0.4, 0.5) is 0 Å². The van der Waals surface area contributed by atoms with Gasteiger partial charge in [-0.05, 0) is 62.4 Å². The average Bonchev–Trinajstić information content (AvgIpc) is 2.92. The monoisotopic (exact) mass is 302 g/mol. The number of carbonyl (C=O) groups excluding carboxylic acids is 1. The van der Waals surface area contributed by atoms with Crippen molar-refractivity contribution in [1.29, 1.82) is 0 Å². The summed E-state index contributed by atoms with van der Waals surface area (Å²) in [6.07, 6.45) is 2.27. The third-order valence-corrected chi connectivity index (χ3v) is 5.30. The van der Waals surface area contributed by atoms with Crippen molar-refractivity contribution >= 4 is 5.91 Å². The van der Waals surface area contributed by atoms with E-state index in [0.717, 1.165) is 62.2 Å². The number of likely N-dealkylation sites (tertiary alicyclic amines) is 1. The standard InChI is InChI=1S/C18H26N2O2/c1-13(14-4-3-5-17(10-14)22-2)18(21)20-8-6-15-11-19-12-16(15)7-9-20/h3-5,10,13,15-16,19H,6-9,11-12H2,1-2H3/t13?,15-,16+. The minimum absolute atomic E-state index is 0.105. The molecule has 1 aromatic carbocycles. The van der Waals surface area contributed by atoms with Gasteiger partial charge in [-0.2, -0.15) is 0 Å². The van der Waals surface area contributed by atoms with Crippen LogP contribution in [0, 0.1) is 11.8 Å². The lowest BCUT2D eigenvalue weighted by Gasteiger charge is -2.25. The fourth-order valence-corrected chi connectivity index (χ4v) is 3.77. The normalized spacial score (nSPS) is 26.2. The number of nitrogens with zero attached hydrogens (tertiary/aromatic N) is 1. The highest BCUT2D eigenvalue weighted by molar-refractivity contribution is 5.83. The molecule has 1 amide bonds. The Morgan fingerprint density at radius 1 is 1.27 bits per heavy atom. The van der Waals surface area contributed by atoms with Gasteiger partial charge in [-0.1, -0.05) is 12.1 Å². The number of ether oxygens (including phenoxy) is 1. The van der Waals surface area contributed by atoms with Crippen molar-refractivity contribution in [3.8, 4) is 5.75 Å². The summed E-state index contributed by atoms with van der Waals surface area (Å²) in [5, 5.41) is 3.48. The fraction of sp³-hybridized carbons (Fsp3) is 0.611. The number of rotatable bonds is 3. The van der Waals surface area contributed by atoms with Crippen LogP contribution in [-0.4, -0.2) is 44.1 Å². The number of amides is 1. The quantitative estimate of drug-likeness (QED) is 0.931. The van der Waals surface area contributed by atoms with E-state index < -0.39 is 0 Å². The molecule has 0 bridgehead atoms. The van der Waals surface area contributed by atoms with Crippen LogP contribution in [0.1, 0.15) is 31.2 Å². The smallest absolute Gasteiger partial charge is 0.229 e. The maximum absolute atomic E-state index is 12.8. The van der Waals surface area contributed by atoms with E-state index in [1.165, 1.54) is 0 Å². The van der Waals surface area contributed by atoms with Gasteiger partial charge in [-0.3, -0.25) is 4.79 Å². The molecular weight excluding hydrogens is 276 g/mol. The first-order chi connectivity index (χ1) is 10.7. The van der Waals surface area contributed by atoms with Gasteiger partial charge >= 0.3 is 0 Å². The van der Waals surface area contributed by atoms with E-state index in [9.17, 15) is 4.79 Å². The second kappa shape index (κ2) is 6.69. The summed E-state index contributed by atoms with van der Waals surface area (Å²) in [5.41, 5.74) is 1.04. The molecule has 1 unspecified atom stereocenters. The summed E-state index contributed by atoms with van der Waals surface area (Å²) in [5.74, 6) is 2.47. The zero-order valence-corrected chi connectivity index (χ0v) is 13.5. The predicted octanol–water partition coefficient (Wildman–Crippen LogP) is 2.26. The summed E-state index contributed by atoms with van der Waals surface area (Å²) in [6, 6.07) is 7.86. The van der Waals surface area contributed by atoms with Crippen LogP contribution in [0.15, 0.2) is 24.3 Å². The molecule has 2 saturated heterocycles. The second-order valence-electron chi connectivity index (χ2n) is 6.58. The van der Waals surface area contributed by atoms with Crippen molar-refractivity contribution in [3.63, 3.8) is 0 Å². The lowest BCUT2D eigenvalue weighted by Crippen LogP contribution is -2.35. The highest BCUT2D eigenvalue weighted by Crippen LogP contribution is 2.29. The molecule has 4 nitrogen and oxygen atoms in total. The van der Waals surface area contributed by atoms with Gasteiger partial charge in [-0.15, -0.1) is 0 Å². The van der Waals surface area contributed by atoms with E-state index in [-0.39, 0.29) is 11.8 Å². The summed E-state index contributed by atoms with van der Waals surface area (Å²) in [4.78, 5) is 14.9. The lowest BCUT2D eigenvalue weighted by molar-refractivity contribution is -0.132. The van der Waals surface area contributed by atoms with Crippen LogP contribution >= 0.6 is 0 Å². The van der Waals surface area contributed by atoms with Crippen LogP contribution in [0.25, 0.3) is 0 Å². The predicted molar refractivity (Wildman–Crippen MR) is 87.1 cm³/mol. The van der Waals surface area contributed by atoms with E-state index in [2.05, 4.69) is 10.2 Å². The minimum atomic E-state index is -0.105. The van der Waals surface area contributed by atoms with E-state index in [1.54, 1.807) is 7.11 Å². The molecule has 3 atom stereocenters. The Labute approximate surface area is 132 Å². The Bertz CT molecular complexity index is 518. The maximum atomic E-state index is 12.8. The Morgan fingerprint density at radius 3 is 2.59 bits per heavy atom. The van der Waals surface area contributed by atoms with E-state index >= 15 is 0 Å². The molecule has 4 heteroatoms. The van der Waals surface area contributed by atoms with Gasteiger partial charge in [0.15, 0.2) is 0 Å². The molecule has 0 radical (unpaired) electrons. The van der Waals surface area contributed by atoms with Crippen molar-refractivity contribution < 1.29 is 9.53 Å². The Kier molecular flexibility index (Phi) is 4.67. The molecule has 2 heterocycles. The molecule has 1 N–H and O–H groups in total. The number of hydrogen-bond acceptors (Lipinski definition) is 3. The van der Waals surface area contributed by atoms with Crippen molar-refractivity contribution in [1.82, 2.24) is 10.2 Å². The van der Waals surface area contributed by atoms with Gasteiger partial charge in [0.2, 0.25) is 5.91 Å².